The maximum absolute atomic E-state index is 13.6. The number of ketones is 1. The summed E-state index contributed by atoms with van der Waals surface area (Å²) in [6.45, 7) is 4.61. The number of hydrogen-bond acceptors (Lipinski definition) is 3. The van der Waals surface area contributed by atoms with Crippen molar-refractivity contribution < 1.29 is 14.7 Å². The van der Waals surface area contributed by atoms with Gasteiger partial charge in [0, 0.05) is 22.9 Å². The van der Waals surface area contributed by atoms with E-state index < -0.39 is 0 Å². The summed E-state index contributed by atoms with van der Waals surface area (Å²) in [6, 6.07) is 7.80. The number of Topliss-reactive ketones (excluding diaryl/α,β-unsaturated/α-hetero) is 1. The van der Waals surface area contributed by atoms with Gasteiger partial charge >= 0.3 is 0 Å². The van der Waals surface area contributed by atoms with Crippen LogP contribution in [-0.4, -0.2) is 22.8 Å². The number of aliphatic hydroxyl groups excluding tert-OH is 1. The molecule has 2 N–H and O–H groups in total. The molecule has 160 valence electrons. The van der Waals surface area contributed by atoms with E-state index in [1.54, 1.807) is 6.08 Å². The van der Waals surface area contributed by atoms with Gasteiger partial charge in [-0.3, -0.25) is 9.59 Å². The minimum absolute atomic E-state index is 0.0315. The van der Waals surface area contributed by atoms with E-state index in [4.69, 9.17) is 0 Å². The number of carbonyl (C=O) groups excluding carboxylic acids is 2. The summed E-state index contributed by atoms with van der Waals surface area (Å²) in [5.74, 6) is 2.08. The number of aliphatic hydroxyl groups is 1. The highest BCUT2D eigenvalue weighted by atomic mass is 16.3. The third-order valence-electron chi connectivity index (χ3n) is 9.46. The zero-order valence-electron chi connectivity index (χ0n) is 18.1. The van der Waals surface area contributed by atoms with Crippen LogP contribution in [0, 0.1) is 34.5 Å². The van der Waals surface area contributed by atoms with E-state index in [1.807, 2.05) is 24.3 Å². The predicted molar refractivity (Wildman–Crippen MR) is 116 cm³/mol. The van der Waals surface area contributed by atoms with Gasteiger partial charge in [-0.1, -0.05) is 44.2 Å². The second kappa shape index (κ2) is 7.05. The molecule has 4 aliphatic rings. The highest BCUT2D eigenvalue weighted by Crippen LogP contribution is 2.65. The molecular weight excluding hydrogens is 374 g/mol. The molecule has 0 saturated heterocycles. The Morgan fingerprint density at radius 3 is 2.70 bits per heavy atom. The molecule has 1 aromatic rings. The quantitative estimate of drug-likeness (QED) is 0.735. The molecule has 3 aliphatic carbocycles. The predicted octanol–water partition coefficient (Wildman–Crippen LogP) is 4.28. The van der Waals surface area contributed by atoms with Crippen LogP contribution in [0.25, 0.3) is 0 Å². The molecule has 7 atom stereocenters. The molecule has 4 heteroatoms. The second-order valence-electron chi connectivity index (χ2n) is 10.6. The summed E-state index contributed by atoms with van der Waals surface area (Å²) in [6.07, 6.45) is 10.4. The van der Waals surface area contributed by atoms with Gasteiger partial charge in [0.2, 0.25) is 5.91 Å². The van der Waals surface area contributed by atoms with Crippen LogP contribution >= 0.6 is 0 Å². The summed E-state index contributed by atoms with van der Waals surface area (Å²) in [7, 11) is 0. The van der Waals surface area contributed by atoms with Crippen molar-refractivity contribution in [3.05, 3.63) is 47.5 Å². The fourth-order valence-electron chi connectivity index (χ4n) is 7.85. The van der Waals surface area contributed by atoms with Crippen molar-refractivity contribution in [3.8, 4) is 0 Å². The first kappa shape index (κ1) is 20.0. The fourth-order valence-corrected chi connectivity index (χ4v) is 7.85. The molecule has 4 nitrogen and oxygen atoms in total. The Balaban J connectivity index is 1.44. The summed E-state index contributed by atoms with van der Waals surface area (Å²) >= 11 is 0. The van der Waals surface area contributed by atoms with E-state index in [-0.39, 0.29) is 41.1 Å². The fraction of sp³-hybridized carbons (Fsp3) is 0.615. The van der Waals surface area contributed by atoms with Crippen molar-refractivity contribution in [1.82, 2.24) is 5.32 Å². The largest absolute Gasteiger partial charge is 0.392 e. The third kappa shape index (κ3) is 2.76. The van der Waals surface area contributed by atoms with Gasteiger partial charge in [-0.05, 0) is 73.3 Å². The first-order chi connectivity index (χ1) is 14.4. The van der Waals surface area contributed by atoms with E-state index in [9.17, 15) is 14.7 Å². The number of hydrogen-bond donors (Lipinski definition) is 2. The Labute approximate surface area is 179 Å². The van der Waals surface area contributed by atoms with Gasteiger partial charge in [0.05, 0.1) is 6.61 Å². The highest BCUT2D eigenvalue weighted by Gasteiger charge is 2.60. The van der Waals surface area contributed by atoms with Gasteiger partial charge in [0.1, 0.15) is 0 Å². The van der Waals surface area contributed by atoms with Crippen LogP contribution in [-0.2, 0) is 11.4 Å². The lowest BCUT2D eigenvalue weighted by Gasteiger charge is -2.58. The molecule has 1 heterocycles. The van der Waals surface area contributed by atoms with Gasteiger partial charge < -0.3 is 10.4 Å². The SMILES string of the molecule is C[C@]12C=CC(=O)N[C@@H]1CC[C@@H]1[C@@H]2CC[C@]2(C)[C@@H](C(=O)c3ccccc3CO)CC[C@@H]12. The summed E-state index contributed by atoms with van der Waals surface area (Å²) in [5, 5.41) is 12.9. The lowest BCUT2D eigenvalue weighted by molar-refractivity contribution is -0.122. The maximum atomic E-state index is 13.6. The molecule has 0 bridgehead atoms. The smallest absolute Gasteiger partial charge is 0.243 e. The first-order valence-electron chi connectivity index (χ1n) is 11.6. The Morgan fingerprint density at radius 2 is 1.90 bits per heavy atom. The number of benzene rings is 1. The molecule has 0 aromatic heterocycles. The lowest BCUT2D eigenvalue weighted by atomic mass is 9.47. The van der Waals surface area contributed by atoms with Gasteiger partial charge in [-0.2, -0.15) is 0 Å². The van der Waals surface area contributed by atoms with Crippen LogP contribution in [0.4, 0.5) is 0 Å². The summed E-state index contributed by atoms with van der Waals surface area (Å²) in [5.41, 5.74) is 1.52. The molecule has 1 aromatic carbocycles. The van der Waals surface area contributed by atoms with Crippen LogP contribution in [0.2, 0.25) is 0 Å². The van der Waals surface area contributed by atoms with E-state index in [2.05, 4.69) is 25.2 Å². The third-order valence-corrected chi connectivity index (χ3v) is 9.46. The summed E-state index contributed by atoms with van der Waals surface area (Å²) in [4.78, 5) is 25.5. The molecule has 5 rings (SSSR count). The number of amides is 1. The molecule has 0 spiro atoms. The van der Waals surface area contributed by atoms with Crippen molar-refractivity contribution in [2.75, 3.05) is 0 Å². The number of rotatable bonds is 3. The van der Waals surface area contributed by atoms with Crippen molar-refractivity contribution in [1.29, 1.82) is 0 Å². The molecule has 1 aliphatic heterocycles. The van der Waals surface area contributed by atoms with Crippen molar-refractivity contribution in [2.24, 2.45) is 34.5 Å². The Kier molecular flexibility index (Phi) is 4.70. The molecular formula is C26H33NO3. The molecule has 1 amide bonds. The average molecular weight is 408 g/mol. The van der Waals surface area contributed by atoms with Crippen LogP contribution in [0.5, 0.6) is 0 Å². The zero-order valence-corrected chi connectivity index (χ0v) is 18.1. The van der Waals surface area contributed by atoms with Crippen molar-refractivity contribution >= 4 is 11.7 Å². The number of nitrogens with one attached hydrogen (secondary N) is 1. The normalized spacial score (nSPS) is 42.1. The van der Waals surface area contributed by atoms with Crippen LogP contribution in [0.1, 0.15) is 68.3 Å². The molecule has 3 fully saturated rings. The number of carbonyl (C=O) groups is 2. The molecule has 30 heavy (non-hydrogen) atoms. The van der Waals surface area contributed by atoms with Gasteiger partial charge in [-0.15, -0.1) is 0 Å². The Morgan fingerprint density at radius 1 is 1.10 bits per heavy atom. The van der Waals surface area contributed by atoms with E-state index in [0.29, 0.717) is 23.3 Å². The molecule has 0 radical (unpaired) electrons. The van der Waals surface area contributed by atoms with Crippen molar-refractivity contribution in [3.63, 3.8) is 0 Å². The Hall–Kier alpha value is -1.94. The van der Waals surface area contributed by atoms with Crippen molar-refractivity contribution in [2.45, 2.75) is 65.0 Å². The molecule has 0 unspecified atom stereocenters. The number of fused-ring (bicyclic) bond motifs is 5. The monoisotopic (exact) mass is 407 g/mol. The molecule has 3 saturated carbocycles. The van der Waals surface area contributed by atoms with Gasteiger partial charge in [-0.25, -0.2) is 0 Å². The first-order valence-corrected chi connectivity index (χ1v) is 11.6. The standard InChI is InChI=1S/C26H33NO3/c1-25-13-11-20-18(7-10-22-26(20,2)14-12-23(29)27-22)19(25)8-9-21(25)24(30)17-6-4-3-5-16(17)15-28/h3-6,12,14,18-22,28H,7-11,13,15H2,1-2H3,(H,27,29)/t18-,19-,20-,21+,22+,25-,26+/m0/s1. The van der Waals surface area contributed by atoms with Crippen LogP contribution in [0.15, 0.2) is 36.4 Å². The summed E-state index contributed by atoms with van der Waals surface area (Å²) < 4.78 is 0. The minimum Gasteiger partial charge on any atom is -0.392 e. The Bertz CT molecular complexity index is 907. The topological polar surface area (TPSA) is 66.4 Å². The van der Waals surface area contributed by atoms with Crippen LogP contribution < -0.4 is 5.32 Å². The minimum atomic E-state index is -0.0860. The lowest BCUT2D eigenvalue weighted by Crippen LogP contribution is -2.59. The van der Waals surface area contributed by atoms with Gasteiger partial charge in [0.15, 0.2) is 5.78 Å². The van der Waals surface area contributed by atoms with E-state index in [1.165, 1.54) is 0 Å². The van der Waals surface area contributed by atoms with Crippen LogP contribution in [0.3, 0.4) is 0 Å². The average Bonchev–Trinajstić information content (AvgIpc) is 3.11. The maximum Gasteiger partial charge on any atom is 0.243 e. The van der Waals surface area contributed by atoms with Gasteiger partial charge in [0.25, 0.3) is 0 Å². The highest BCUT2D eigenvalue weighted by molar-refractivity contribution is 5.99. The second-order valence-corrected chi connectivity index (χ2v) is 10.6. The van der Waals surface area contributed by atoms with E-state index >= 15 is 0 Å². The zero-order chi connectivity index (χ0) is 21.1. The van der Waals surface area contributed by atoms with E-state index in [0.717, 1.165) is 44.1 Å².